The summed E-state index contributed by atoms with van der Waals surface area (Å²) >= 11 is 12.2. The van der Waals surface area contributed by atoms with Crippen LogP contribution < -0.4 is 5.32 Å². The van der Waals surface area contributed by atoms with Gasteiger partial charge >= 0.3 is 6.72 Å². The summed E-state index contributed by atoms with van der Waals surface area (Å²) in [4.78, 5) is 0. The van der Waals surface area contributed by atoms with Crippen LogP contribution in [-0.4, -0.2) is 213 Å². The van der Waals surface area contributed by atoms with Gasteiger partial charge in [0.2, 0.25) is 0 Å². The molecule has 22 atom stereocenters. The van der Waals surface area contributed by atoms with Crippen molar-refractivity contribution in [1.82, 2.24) is 9.99 Å². The van der Waals surface area contributed by atoms with Gasteiger partial charge in [-0.25, -0.2) is 4.67 Å². The highest BCUT2D eigenvalue weighted by atomic mass is 127. The predicted molar refractivity (Wildman–Crippen MR) is 342 cm³/mol. The number of nitrogens with one attached hydrogen (secondary N) is 1. The van der Waals surface area contributed by atoms with Gasteiger partial charge in [-0.2, -0.15) is 0 Å². The number of rotatable bonds is 27. The number of hydrogen-bond donors (Lipinski definition) is 4. The van der Waals surface area contributed by atoms with Gasteiger partial charge in [0.1, 0.15) is 87.8 Å². The molecule has 8 saturated heterocycles. The molecule has 19 nitrogen and oxygen atoms in total. The van der Waals surface area contributed by atoms with Gasteiger partial charge in [-0.15, -0.1) is 24.8 Å². The minimum atomic E-state index is -3.64. The van der Waals surface area contributed by atoms with Crippen molar-refractivity contribution in [3.63, 3.8) is 0 Å². The summed E-state index contributed by atoms with van der Waals surface area (Å²) in [6.45, 7) is 12.2. The van der Waals surface area contributed by atoms with Gasteiger partial charge in [0.15, 0.2) is 24.2 Å². The third kappa shape index (κ3) is 17.0. The van der Waals surface area contributed by atoms with Crippen molar-refractivity contribution >= 4 is 139 Å². The Morgan fingerprint density at radius 2 is 1.24 bits per heavy atom. The molecule has 78 heavy (non-hydrogen) atoms. The van der Waals surface area contributed by atoms with E-state index in [-0.39, 0.29) is 98.3 Å². The summed E-state index contributed by atoms with van der Waals surface area (Å²) < 4.78 is 158. The van der Waals surface area contributed by atoms with Crippen LogP contribution in [0.3, 0.4) is 0 Å². The van der Waals surface area contributed by atoms with Gasteiger partial charge in [0.25, 0.3) is 8.53 Å². The van der Waals surface area contributed by atoms with Crippen molar-refractivity contribution in [2.45, 2.75) is 247 Å². The van der Waals surface area contributed by atoms with Crippen LogP contribution in [0.1, 0.15) is 119 Å². The smallest absolute Gasteiger partial charge is 0.328 e. The van der Waals surface area contributed by atoms with Crippen molar-refractivity contribution in [2.75, 3.05) is 49.9 Å². The maximum atomic E-state index is 8.62. The summed E-state index contributed by atoms with van der Waals surface area (Å²) in [6.07, 6.45) is 3.47. The van der Waals surface area contributed by atoms with Crippen LogP contribution in [0.25, 0.3) is 0 Å². The largest absolute Gasteiger partial charge is 0.370 e. The fourth-order valence-electron chi connectivity index (χ4n) is 11.7. The zero-order valence-electron chi connectivity index (χ0n) is 51.7. The molecule has 0 bridgehead atoms. The van der Waals surface area contributed by atoms with Crippen molar-refractivity contribution in [2.24, 2.45) is 0 Å². The Kier molecular flexibility index (Phi) is 22.4. The Bertz CT molecular complexity index is 2180. The third-order valence-electron chi connectivity index (χ3n) is 15.4. The normalized spacial score (nSPS) is 45.0. The standard InChI is InChI=1S/C27H50B2I2NO10PS3.C20H35BINO7PS/c1-16(2)32-11-21-24(25-26(37-21)39-27(38-25)7-5-6-8-27)41-43(44,33-12-22-20(10-18(4)35-22)42-46(31)15-29)40-19-9-17(3)36-23(19)13-34-45(30)14-28;1-12(2)23-9-15-17(18-19(26-15)28-20(27-18)6-4-5-7-20)30-31(23)29-14-8-13(3)25-16(14)10-24-32(22)11-21/h16-26,28-29,32,45-46H,5-15H2,1-4H3;12-19,21,32H,4-11H2,1-3H3/t17?,18?,19?,20?,21-,22?,23?,24+,25-,26-,43?;13?,14?,15-,16?,17+,18-,19-,31?/m00/s1/i28T,29T,45D,46D;21T,32D. The Balaban J connectivity index is 0.000000216. The van der Waals surface area contributed by atoms with Crippen molar-refractivity contribution < 1.29 is 77.8 Å². The van der Waals surface area contributed by atoms with E-state index in [0.29, 0.717) is 31.6 Å². The fourth-order valence-corrected chi connectivity index (χ4v) is 19.0. The quantitative estimate of drug-likeness (QED) is 0.0271. The molecule has 10 aliphatic rings. The van der Waals surface area contributed by atoms with Gasteiger partial charge in [0.05, 0.1) is 50.3 Å². The monoisotopic (exact) mass is 1560 g/mol. The van der Waals surface area contributed by atoms with Crippen LogP contribution in [0.15, 0.2) is 0 Å². The Morgan fingerprint density at radius 1 is 0.705 bits per heavy atom. The Hall–Kier alpha value is 3.75. The first-order chi connectivity index (χ1) is 39.7. The lowest BCUT2D eigenvalue weighted by Gasteiger charge is -2.43. The van der Waals surface area contributed by atoms with Crippen LogP contribution in [0.4, 0.5) is 0 Å². The first-order valence-corrected chi connectivity index (χ1v) is 42.9. The number of thiol groups is 3. The predicted octanol–water partition coefficient (Wildman–Crippen LogP) is 7.85. The van der Waals surface area contributed by atoms with Crippen molar-refractivity contribution in [3.05, 3.63) is 0 Å². The van der Waals surface area contributed by atoms with Crippen molar-refractivity contribution in [3.8, 4) is 0 Å². The summed E-state index contributed by atoms with van der Waals surface area (Å²) in [5.74, 6) is -1.20. The highest BCUT2D eigenvalue weighted by Gasteiger charge is 2.63. The molecule has 8 heterocycles. The fraction of sp³-hybridized carbons (Fsp3) is 1.00. The highest BCUT2D eigenvalue weighted by Crippen LogP contribution is 2.60. The van der Waals surface area contributed by atoms with E-state index in [4.69, 9.17) is 97.0 Å². The lowest BCUT2D eigenvalue weighted by Crippen LogP contribution is -2.49. The second-order valence-corrected chi connectivity index (χ2v) is 38.7. The van der Waals surface area contributed by atoms with Crippen LogP contribution in [0.2, 0.25) is 0 Å². The van der Waals surface area contributed by atoms with Gasteiger partial charge in [0, 0.05) is 70.1 Å². The van der Waals surface area contributed by atoms with Gasteiger partial charge in [-0.1, -0.05) is 13.8 Å². The summed E-state index contributed by atoms with van der Waals surface area (Å²) in [5.41, 5.74) is 0.706. The summed E-state index contributed by atoms with van der Waals surface area (Å²) in [7, 11) is -4.38. The Morgan fingerprint density at radius 3 is 1.83 bits per heavy atom. The van der Waals surface area contributed by atoms with E-state index < -0.39 is 101 Å². The molecule has 14 unspecified atom stereocenters. The second-order valence-electron chi connectivity index (χ2n) is 22.1. The molecule has 2 saturated carbocycles. The van der Waals surface area contributed by atoms with Crippen LogP contribution in [-0.2, 0) is 89.6 Å². The molecule has 31 heteroatoms. The van der Waals surface area contributed by atoms with Crippen molar-refractivity contribution in [1.29, 1.82) is 7.38 Å². The van der Waals surface area contributed by atoms with E-state index in [0.717, 1.165) is 57.8 Å². The highest BCUT2D eigenvalue weighted by molar-refractivity contribution is 14.2. The molecular weight excluding hydrogens is 1470 g/mol. The number of hydrogen-bond acceptors (Lipinski definition) is 20. The number of ether oxygens (including phenoxy) is 9. The van der Waals surface area contributed by atoms with Gasteiger partial charge < -0.3 is 78.6 Å². The van der Waals surface area contributed by atoms with E-state index >= 15 is 0 Å². The zero-order chi connectivity index (χ0) is 60.4. The van der Waals surface area contributed by atoms with Crippen LogP contribution in [0, 0.1) is 0 Å². The second kappa shape index (κ2) is 30.0. The number of halogens is 3. The lowest BCUT2D eigenvalue weighted by molar-refractivity contribution is -0.231. The van der Waals surface area contributed by atoms with E-state index in [2.05, 4.69) is 37.7 Å². The maximum absolute atomic E-state index is 8.62. The number of nitrogens with zero attached hydrogens (tertiary/aromatic N) is 1. The molecule has 10 fully saturated rings. The van der Waals surface area contributed by atoms with E-state index in [1.54, 1.807) is 0 Å². The summed E-state index contributed by atoms with van der Waals surface area (Å²) in [5, 5.41) is 3.44. The molecule has 0 amide bonds. The molecule has 0 aromatic rings. The van der Waals surface area contributed by atoms with Gasteiger partial charge in [-0.3, -0.25) is 4.52 Å². The SMILES string of the molecule is [2H]S(I)(C[B][3H])OCC1OC(C)CC1OP(=S)(OCC1OC(C)CC1OS([2H])(I)C[B][3H])O[C@H]1[C@@H]2OC3(CCCC3)O[C@@H]2O[C@H]1CNC(C)C.[2H]S(I)(C[B][3H])OCC1OC(C)CC1OP1O[C@H]2[C@@H]3OC4(CCCC4)O[C@@H]3O[C@H]2CN1C(C)C. The molecule has 0 aromatic heterocycles. The molecular formula is C47H85B3I3N2O17P2S4. The average Bonchev–Trinajstić information content (AvgIpc) is 2.77. The minimum absolute atomic E-state index is 0.00171. The molecule has 3 radical (unpaired) electrons. The van der Waals surface area contributed by atoms with E-state index in [9.17, 15) is 0 Å². The molecule has 2 spiro atoms. The minimum Gasteiger partial charge on any atom is -0.370 e. The molecule has 1 N–H and O–H groups in total. The van der Waals surface area contributed by atoms with Gasteiger partial charge in [-0.05, 0) is 157 Å². The zero-order valence-corrected chi connectivity index (χ0v) is 57.2. The maximum Gasteiger partial charge on any atom is 0.328 e. The first kappa shape index (κ1) is 58.1. The molecule has 2 aliphatic carbocycles. The van der Waals surface area contributed by atoms with E-state index in [1.165, 1.54) is 23.4 Å². The molecule has 449 valence electrons. The third-order valence-corrected chi connectivity index (χ3v) is 27.0. The molecule has 0 aromatic carbocycles. The lowest BCUT2D eigenvalue weighted by atomic mass is 10.1. The summed E-state index contributed by atoms with van der Waals surface area (Å²) in [6, 6.07) is 0.420. The number of fused-ring (bicyclic) bond motifs is 4. The van der Waals surface area contributed by atoms with Crippen LogP contribution >= 0.6 is 104 Å². The Labute approximate surface area is 526 Å². The van der Waals surface area contributed by atoms with Crippen LogP contribution in [0.5, 0.6) is 0 Å². The topological polar surface area (TPSA) is 172 Å². The molecule has 8 aliphatic heterocycles. The van der Waals surface area contributed by atoms with E-state index in [1.807, 2.05) is 84.4 Å². The molecule has 10 rings (SSSR count). The first-order valence-electron chi connectivity index (χ1n) is 30.6. The average molecular weight is 1560 g/mol.